The molecule has 0 radical (unpaired) electrons. The third-order valence-corrected chi connectivity index (χ3v) is 6.79. The molecule has 0 bridgehead atoms. The van der Waals surface area contributed by atoms with Crippen molar-refractivity contribution in [1.82, 2.24) is 10.2 Å². The molecular weight excluding hydrogens is 442 g/mol. The van der Waals surface area contributed by atoms with E-state index in [1.807, 2.05) is 73.7 Å². The second-order valence-electron chi connectivity index (χ2n) is 8.06. The molecule has 0 saturated heterocycles. The summed E-state index contributed by atoms with van der Waals surface area (Å²) in [5.74, 6) is -0.00516. The van der Waals surface area contributed by atoms with Crippen LogP contribution in [0.15, 0.2) is 83.8 Å². The highest BCUT2D eigenvalue weighted by Crippen LogP contribution is 2.24. The van der Waals surface area contributed by atoms with E-state index in [1.54, 1.807) is 0 Å². The lowest BCUT2D eigenvalue weighted by atomic mass is 10.0. The molecule has 0 aliphatic rings. The maximum atomic E-state index is 13.1. The summed E-state index contributed by atoms with van der Waals surface area (Å²) in [6.07, 6.45) is 0. The van der Waals surface area contributed by atoms with Gasteiger partial charge in [0.15, 0.2) is 0 Å². The molecule has 2 amide bonds. The van der Waals surface area contributed by atoms with Crippen molar-refractivity contribution in [1.29, 1.82) is 0 Å². The Kier molecular flexibility index (Phi) is 9.74. The van der Waals surface area contributed by atoms with Gasteiger partial charge in [0.2, 0.25) is 5.91 Å². The molecule has 178 valence electrons. The molecule has 34 heavy (non-hydrogen) atoms. The molecule has 6 heteroatoms. The van der Waals surface area contributed by atoms with Crippen LogP contribution in [0.25, 0.3) is 0 Å². The van der Waals surface area contributed by atoms with Crippen LogP contribution in [-0.4, -0.2) is 42.1 Å². The first-order valence-corrected chi connectivity index (χ1v) is 12.7. The van der Waals surface area contributed by atoms with Crippen LogP contribution in [0.3, 0.4) is 0 Å². The van der Waals surface area contributed by atoms with Crippen molar-refractivity contribution >= 4 is 29.3 Å². The van der Waals surface area contributed by atoms with Crippen LogP contribution in [0.1, 0.15) is 41.4 Å². The van der Waals surface area contributed by atoms with Gasteiger partial charge in [0.05, 0.1) is 17.4 Å². The largest absolute Gasteiger partial charge is 0.350 e. The van der Waals surface area contributed by atoms with E-state index in [1.165, 1.54) is 17.3 Å². The first-order chi connectivity index (χ1) is 16.5. The Bertz CT molecular complexity index is 1070. The Morgan fingerprint density at radius 2 is 1.53 bits per heavy atom. The molecule has 2 N–H and O–H groups in total. The number of aryl methyl sites for hydroxylation is 1. The van der Waals surface area contributed by atoms with Crippen molar-refractivity contribution in [3.8, 4) is 0 Å². The number of rotatable bonds is 11. The number of nitrogens with zero attached hydrogens (tertiary/aromatic N) is 1. The second kappa shape index (κ2) is 13.0. The van der Waals surface area contributed by atoms with Gasteiger partial charge in [0.1, 0.15) is 0 Å². The number of likely N-dealkylation sites (N-methyl/N-ethyl adjacent to an activating group) is 1. The first kappa shape index (κ1) is 25.5. The molecule has 0 aliphatic carbocycles. The standard InChI is InChI=1S/C28H33N3O2S/c1-4-31(5-2)25(22-11-7-6-8-12-22)19-29-28(33)24-13-9-10-14-26(24)34-20-27(32)30-23-17-15-21(3)16-18-23/h6-18,25H,4-5,19-20H2,1-3H3,(H,29,33)(H,30,32). The molecule has 1 unspecified atom stereocenters. The van der Waals surface area contributed by atoms with Crippen molar-refractivity contribution in [2.24, 2.45) is 0 Å². The van der Waals surface area contributed by atoms with Crippen LogP contribution >= 0.6 is 11.8 Å². The Morgan fingerprint density at radius 1 is 0.882 bits per heavy atom. The van der Waals surface area contributed by atoms with Gasteiger partial charge < -0.3 is 10.6 Å². The summed E-state index contributed by atoms with van der Waals surface area (Å²) in [6, 6.07) is 25.5. The predicted octanol–water partition coefficient (Wildman–Crippen LogP) is 5.54. The normalized spacial score (nSPS) is 11.8. The van der Waals surface area contributed by atoms with E-state index >= 15 is 0 Å². The number of carbonyl (C=O) groups is 2. The van der Waals surface area contributed by atoms with Crippen LogP contribution in [-0.2, 0) is 4.79 Å². The molecule has 0 saturated carbocycles. The summed E-state index contributed by atoms with van der Waals surface area (Å²) in [7, 11) is 0. The number of hydrogen-bond acceptors (Lipinski definition) is 4. The van der Waals surface area contributed by atoms with E-state index in [-0.39, 0.29) is 23.6 Å². The highest BCUT2D eigenvalue weighted by atomic mass is 32.2. The van der Waals surface area contributed by atoms with Crippen molar-refractivity contribution < 1.29 is 9.59 Å². The van der Waals surface area contributed by atoms with Crippen LogP contribution in [0.5, 0.6) is 0 Å². The molecule has 3 aromatic rings. The zero-order chi connectivity index (χ0) is 24.3. The van der Waals surface area contributed by atoms with Gasteiger partial charge in [-0.1, -0.05) is 74.0 Å². The van der Waals surface area contributed by atoms with E-state index in [0.717, 1.165) is 29.2 Å². The average molecular weight is 476 g/mol. The molecule has 3 rings (SSSR count). The van der Waals surface area contributed by atoms with Crippen molar-refractivity contribution in [2.75, 3.05) is 30.7 Å². The van der Waals surface area contributed by atoms with Gasteiger partial charge in [-0.25, -0.2) is 0 Å². The molecule has 5 nitrogen and oxygen atoms in total. The van der Waals surface area contributed by atoms with E-state index in [0.29, 0.717) is 12.1 Å². The zero-order valence-corrected chi connectivity index (χ0v) is 20.9. The third kappa shape index (κ3) is 7.20. The number of amides is 2. The Labute approximate surface area is 207 Å². The Balaban J connectivity index is 1.63. The second-order valence-corrected chi connectivity index (χ2v) is 9.07. The fraction of sp³-hybridized carbons (Fsp3) is 0.286. The highest BCUT2D eigenvalue weighted by Gasteiger charge is 2.20. The van der Waals surface area contributed by atoms with Gasteiger partial charge in [-0.2, -0.15) is 0 Å². The van der Waals surface area contributed by atoms with Crippen LogP contribution in [0, 0.1) is 6.92 Å². The maximum Gasteiger partial charge on any atom is 0.252 e. The monoisotopic (exact) mass is 475 g/mol. The zero-order valence-electron chi connectivity index (χ0n) is 20.1. The quantitative estimate of drug-likeness (QED) is 0.358. The molecule has 0 aromatic heterocycles. The molecule has 3 aromatic carbocycles. The third-order valence-electron chi connectivity index (χ3n) is 5.72. The minimum absolute atomic E-state index is 0.0975. The smallest absolute Gasteiger partial charge is 0.252 e. The van der Waals surface area contributed by atoms with Crippen molar-refractivity contribution in [2.45, 2.75) is 31.7 Å². The summed E-state index contributed by atoms with van der Waals surface area (Å²) in [5, 5.41) is 6.03. The van der Waals surface area contributed by atoms with Gasteiger partial charge in [0, 0.05) is 17.1 Å². The molecule has 0 heterocycles. The van der Waals surface area contributed by atoms with Gasteiger partial charge >= 0.3 is 0 Å². The summed E-state index contributed by atoms with van der Waals surface area (Å²) in [5.41, 5.74) is 3.68. The van der Waals surface area contributed by atoms with Gasteiger partial charge in [-0.3, -0.25) is 14.5 Å². The minimum atomic E-state index is -0.130. The van der Waals surface area contributed by atoms with E-state index in [2.05, 4.69) is 41.5 Å². The Hall–Kier alpha value is -3.09. The number of hydrogen-bond donors (Lipinski definition) is 2. The van der Waals surface area contributed by atoms with Crippen molar-refractivity contribution in [3.05, 3.63) is 95.6 Å². The number of carbonyl (C=O) groups excluding carboxylic acids is 2. The summed E-state index contributed by atoms with van der Waals surface area (Å²) in [4.78, 5) is 28.7. The number of anilines is 1. The highest BCUT2D eigenvalue weighted by molar-refractivity contribution is 8.00. The molecular formula is C28H33N3O2S. The van der Waals surface area contributed by atoms with Crippen LogP contribution in [0.2, 0.25) is 0 Å². The van der Waals surface area contributed by atoms with Gasteiger partial charge in [-0.15, -0.1) is 11.8 Å². The predicted molar refractivity (Wildman–Crippen MR) is 141 cm³/mol. The SMILES string of the molecule is CCN(CC)C(CNC(=O)c1ccccc1SCC(=O)Nc1ccc(C)cc1)c1ccccc1. The van der Waals surface area contributed by atoms with E-state index in [4.69, 9.17) is 0 Å². The molecule has 0 spiro atoms. The summed E-state index contributed by atoms with van der Waals surface area (Å²) < 4.78 is 0. The fourth-order valence-corrected chi connectivity index (χ4v) is 4.69. The summed E-state index contributed by atoms with van der Waals surface area (Å²) in [6.45, 7) is 8.58. The lowest BCUT2D eigenvalue weighted by Crippen LogP contribution is -2.38. The van der Waals surface area contributed by atoms with Crippen LogP contribution < -0.4 is 10.6 Å². The van der Waals surface area contributed by atoms with E-state index < -0.39 is 0 Å². The Morgan fingerprint density at radius 3 is 2.21 bits per heavy atom. The van der Waals surface area contributed by atoms with Gasteiger partial charge in [0.25, 0.3) is 5.91 Å². The van der Waals surface area contributed by atoms with E-state index in [9.17, 15) is 9.59 Å². The fourth-order valence-electron chi connectivity index (χ4n) is 3.84. The topological polar surface area (TPSA) is 61.4 Å². The van der Waals surface area contributed by atoms with Crippen molar-refractivity contribution in [3.63, 3.8) is 0 Å². The first-order valence-electron chi connectivity index (χ1n) is 11.7. The average Bonchev–Trinajstić information content (AvgIpc) is 2.87. The van der Waals surface area contributed by atoms with Crippen LogP contribution in [0.4, 0.5) is 5.69 Å². The van der Waals surface area contributed by atoms with Gasteiger partial charge in [-0.05, 0) is 49.8 Å². The number of benzene rings is 3. The molecule has 0 aliphatic heterocycles. The number of nitrogens with one attached hydrogen (secondary N) is 2. The molecule has 1 atom stereocenters. The number of thioether (sulfide) groups is 1. The molecule has 0 fully saturated rings. The lowest BCUT2D eigenvalue weighted by molar-refractivity contribution is -0.113. The maximum absolute atomic E-state index is 13.1. The minimum Gasteiger partial charge on any atom is -0.350 e. The summed E-state index contributed by atoms with van der Waals surface area (Å²) >= 11 is 1.37. The lowest BCUT2D eigenvalue weighted by Gasteiger charge is -2.30.